The van der Waals surface area contributed by atoms with E-state index in [-0.39, 0.29) is 30.4 Å². The van der Waals surface area contributed by atoms with Crippen LogP contribution in [0.3, 0.4) is 0 Å². The number of hydrogen-bond donors (Lipinski definition) is 1. The fourth-order valence-electron chi connectivity index (χ4n) is 3.05. The fourth-order valence-corrected chi connectivity index (χ4v) is 3.31. The second-order valence-electron chi connectivity index (χ2n) is 5.84. The summed E-state index contributed by atoms with van der Waals surface area (Å²) < 4.78 is 10.8. The average Bonchev–Trinajstić information content (AvgIpc) is 2.55. The lowest BCUT2D eigenvalue weighted by Gasteiger charge is -2.38. The van der Waals surface area contributed by atoms with Gasteiger partial charge in [-0.25, -0.2) is 0 Å². The molecule has 1 heterocycles. The van der Waals surface area contributed by atoms with Gasteiger partial charge in [0.15, 0.2) is 11.5 Å². The molecule has 136 valence electrons. The zero-order chi connectivity index (χ0) is 17.0. The quantitative estimate of drug-likeness (QED) is 0.853. The van der Waals surface area contributed by atoms with Crippen molar-refractivity contribution in [3.8, 4) is 11.5 Å². The van der Waals surface area contributed by atoms with Gasteiger partial charge in [-0.05, 0) is 45.2 Å². The van der Waals surface area contributed by atoms with Gasteiger partial charge in [0, 0.05) is 24.2 Å². The molecular formula is C17H26Cl2N2O3. The number of benzene rings is 1. The van der Waals surface area contributed by atoms with E-state index in [0.717, 1.165) is 25.8 Å². The van der Waals surface area contributed by atoms with Gasteiger partial charge >= 0.3 is 0 Å². The number of carbonyl (C=O) groups excluding carboxylic acids is 1. The molecule has 0 bridgehead atoms. The number of nitrogens with zero attached hydrogens (tertiary/aromatic N) is 1. The summed E-state index contributed by atoms with van der Waals surface area (Å²) in [6.45, 7) is 5.01. The predicted octanol–water partition coefficient (Wildman–Crippen LogP) is 3.51. The van der Waals surface area contributed by atoms with Gasteiger partial charge in [-0.2, -0.15) is 0 Å². The molecular weight excluding hydrogens is 351 g/mol. The Hall–Kier alpha value is -1.17. The van der Waals surface area contributed by atoms with E-state index in [1.165, 1.54) is 7.11 Å². The Bertz CT molecular complexity index is 567. The van der Waals surface area contributed by atoms with Crippen LogP contribution in [-0.2, 0) is 0 Å². The molecule has 0 radical (unpaired) electrons. The van der Waals surface area contributed by atoms with Crippen molar-refractivity contribution in [1.82, 2.24) is 4.90 Å². The molecule has 1 aromatic rings. The first-order valence-electron chi connectivity index (χ1n) is 8.06. The van der Waals surface area contributed by atoms with Gasteiger partial charge in [-0.1, -0.05) is 11.6 Å². The van der Waals surface area contributed by atoms with E-state index in [4.69, 9.17) is 26.8 Å². The number of piperidine rings is 1. The first kappa shape index (κ1) is 20.9. The smallest absolute Gasteiger partial charge is 0.254 e. The minimum Gasteiger partial charge on any atom is -0.493 e. The summed E-state index contributed by atoms with van der Waals surface area (Å²) in [4.78, 5) is 14.8. The molecule has 0 aromatic heterocycles. The summed E-state index contributed by atoms with van der Waals surface area (Å²) in [6, 6.07) is 3.34. The molecule has 24 heavy (non-hydrogen) atoms. The van der Waals surface area contributed by atoms with Crippen LogP contribution in [0.5, 0.6) is 11.5 Å². The topological polar surface area (TPSA) is 64.8 Å². The highest BCUT2D eigenvalue weighted by atomic mass is 35.5. The van der Waals surface area contributed by atoms with E-state index in [1.54, 1.807) is 12.1 Å². The van der Waals surface area contributed by atoms with Crippen LogP contribution in [0, 0.1) is 0 Å². The Labute approximate surface area is 154 Å². The number of ether oxygens (including phenoxy) is 2. The second-order valence-corrected chi connectivity index (χ2v) is 6.25. The number of halogens is 2. The summed E-state index contributed by atoms with van der Waals surface area (Å²) in [7, 11) is 1.54. The summed E-state index contributed by atoms with van der Waals surface area (Å²) in [5.74, 6) is 0.878. The molecule has 0 aliphatic carbocycles. The van der Waals surface area contributed by atoms with Crippen molar-refractivity contribution < 1.29 is 14.3 Å². The third-order valence-electron chi connectivity index (χ3n) is 4.18. The first-order chi connectivity index (χ1) is 11.0. The molecule has 1 aliphatic rings. The minimum absolute atomic E-state index is 0. The summed E-state index contributed by atoms with van der Waals surface area (Å²) in [6.07, 6.45) is 3.03. The summed E-state index contributed by atoms with van der Waals surface area (Å²) in [5.41, 5.74) is 6.56. The Morgan fingerprint density at radius 1 is 1.46 bits per heavy atom. The van der Waals surface area contributed by atoms with Gasteiger partial charge in [0.25, 0.3) is 5.91 Å². The van der Waals surface area contributed by atoms with Gasteiger partial charge in [-0.3, -0.25) is 4.79 Å². The van der Waals surface area contributed by atoms with E-state index in [2.05, 4.69) is 0 Å². The Balaban J connectivity index is 0.00000288. The zero-order valence-corrected chi connectivity index (χ0v) is 16.0. The number of hydrogen-bond acceptors (Lipinski definition) is 4. The number of nitrogens with two attached hydrogens (primary N) is 1. The molecule has 5 nitrogen and oxygen atoms in total. The van der Waals surface area contributed by atoms with Gasteiger partial charge in [0.1, 0.15) is 0 Å². The number of methoxy groups -OCH3 is 1. The first-order valence-corrected chi connectivity index (χ1v) is 8.44. The highest BCUT2D eigenvalue weighted by Crippen LogP contribution is 2.37. The van der Waals surface area contributed by atoms with E-state index >= 15 is 0 Å². The van der Waals surface area contributed by atoms with E-state index in [1.807, 2.05) is 18.7 Å². The number of likely N-dealkylation sites (tertiary alicyclic amines) is 1. The Morgan fingerprint density at radius 2 is 2.17 bits per heavy atom. The van der Waals surface area contributed by atoms with Crippen LogP contribution in [0.4, 0.5) is 0 Å². The van der Waals surface area contributed by atoms with Crippen LogP contribution in [-0.4, -0.2) is 43.2 Å². The number of rotatable bonds is 5. The largest absolute Gasteiger partial charge is 0.493 e. The van der Waals surface area contributed by atoms with Gasteiger partial charge in [-0.15, -0.1) is 12.4 Å². The molecule has 2 rings (SSSR count). The lowest BCUT2D eigenvalue weighted by molar-refractivity contribution is 0.0583. The normalized spacial score (nSPS) is 18.5. The fraction of sp³-hybridized carbons (Fsp3) is 0.588. The number of carbonyl (C=O) groups is 1. The van der Waals surface area contributed by atoms with Crippen molar-refractivity contribution in [3.63, 3.8) is 0 Å². The van der Waals surface area contributed by atoms with Crippen LogP contribution in [0.15, 0.2) is 12.1 Å². The molecule has 1 saturated heterocycles. The van der Waals surface area contributed by atoms with E-state index in [0.29, 0.717) is 28.7 Å². The van der Waals surface area contributed by atoms with Crippen LogP contribution >= 0.6 is 24.0 Å². The van der Waals surface area contributed by atoms with Crippen LogP contribution in [0.25, 0.3) is 0 Å². The highest BCUT2D eigenvalue weighted by Gasteiger charge is 2.30. The standard InChI is InChI=1S/C17H25ClN2O3.ClH/c1-4-23-16-13(18)9-12(10-15(16)22-3)17(21)20-8-6-5-7-14(20)11(2)19;/h9-11,14H,4-8,19H2,1-3H3;1H. The van der Waals surface area contributed by atoms with E-state index < -0.39 is 0 Å². The van der Waals surface area contributed by atoms with Gasteiger partial charge in [0.05, 0.1) is 18.7 Å². The average molecular weight is 377 g/mol. The molecule has 1 amide bonds. The third kappa shape index (κ3) is 4.47. The molecule has 2 atom stereocenters. The molecule has 2 N–H and O–H groups in total. The van der Waals surface area contributed by atoms with Crippen molar-refractivity contribution in [3.05, 3.63) is 22.7 Å². The van der Waals surface area contributed by atoms with Crippen molar-refractivity contribution in [2.45, 2.75) is 45.2 Å². The monoisotopic (exact) mass is 376 g/mol. The van der Waals surface area contributed by atoms with Gasteiger partial charge in [0.2, 0.25) is 0 Å². The predicted molar refractivity (Wildman–Crippen MR) is 98.7 cm³/mol. The number of amides is 1. The molecule has 0 spiro atoms. The van der Waals surface area contributed by atoms with Crippen LogP contribution in [0.2, 0.25) is 5.02 Å². The van der Waals surface area contributed by atoms with Crippen molar-refractivity contribution in [2.75, 3.05) is 20.3 Å². The molecule has 7 heteroatoms. The van der Waals surface area contributed by atoms with Crippen LogP contribution < -0.4 is 15.2 Å². The molecule has 1 aromatic carbocycles. The SMILES string of the molecule is CCOc1c(Cl)cc(C(=O)N2CCCCC2C(C)N)cc1OC.Cl. The lowest BCUT2D eigenvalue weighted by Crippen LogP contribution is -2.51. The maximum atomic E-state index is 12.9. The van der Waals surface area contributed by atoms with E-state index in [9.17, 15) is 4.79 Å². The maximum absolute atomic E-state index is 12.9. The second kappa shape index (κ2) is 9.35. The highest BCUT2D eigenvalue weighted by molar-refractivity contribution is 6.32. The van der Waals surface area contributed by atoms with Crippen molar-refractivity contribution in [1.29, 1.82) is 0 Å². The minimum atomic E-state index is -0.0600. The Morgan fingerprint density at radius 3 is 2.75 bits per heavy atom. The maximum Gasteiger partial charge on any atom is 0.254 e. The summed E-state index contributed by atoms with van der Waals surface area (Å²) >= 11 is 6.27. The molecule has 0 saturated carbocycles. The van der Waals surface area contributed by atoms with Crippen molar-refractivity contribution >= 4 is 29.9 Å². The molecule has 1 fully saturated rings. The third-order valence-corrected chi connectivity index (χ3v) is 4.46. The summed E-state index contributed by atoms with van der Waals surface area (Å²) in [5, 5.41) is 0.379. The van der Waals surface area contributed by atoms with Gasteiger partial charge < -0.3 is 20.1 Å². The molecule has 2 unspecified atom stereocenters. The Kier molecular flexibility index (Phi) is 8.13. The van der Waals surface area contributed by atoms with Crippen LogP contribution in [0.1, 0.15) is 43.5 Å². The lowest BCUT2D eigenvalue weighted by atomic mass is 9.96. The van der Waals surface area contributed by atoms with Crippen molar-refractivity contribution in [2.24, 2.45) is 5.73 Å². The zero-order valence-electron chi connectivity index (χ0n) is 14.4. The molecule has 1 aliphatic heterocycles.